The molecule has 3 N–H and O–H groups in total. The summed E-state index contributed by atoms with van der Waals surface area (Å²) in [5.41, 5.74) is 0.791. The number of Topliss-reactive ketones (excluding diaryl/α,β-unsaturated/α-hetero) is 1. The van der Waals surface area contributed by atoms with Gasteiger partial charge in [0.15, 0.2) is 5.78 Å². The summed E-state index contributed by atoms with van der Waals surface area (Å²) in [5.74, 6) is 2.04. The lowest BCUT2D eigenvalue weighted by Crippen LogP contribution is -2.37. The number of carbonyl (C=O) groups excluding carboxylic acids is 3. The molecule has 0 aliphatic heterocycles. The molecule has 2 aromatic rings. The van der Waals surface area contributed by atoms with E-state index in [1.165, 1.54) is 0 Å². The van der Waals surface area contributed by atoms with Crippen LogP contribution in [-0.4, -0.2) is 119 Å². The number of halogens is 1. The summed E-state index contributed by atoms with van der Waals surface area (Å²) in [4.78, 5) is 46.5. The van der Waals surface area contributed by atoms with Crippen LogP contribution in [0.1, 0.15) is 39.5 Å². The number of amides is 2. The SMILES string of the molecule is CC(C)C(=O)COCCOCCOCCOCC(=O)NCCOc1ccc(Nc2ncc(Br)c(NCCCN(C)C(=O)C3CCC3)n2)cc1. The zero-order valence-corrected chi connectivity index (χ0v) is 30.4. The summed E-state index contributed by atoms with van der Waals surface area (Å²) in [6.45, 7) is 7.92. The van der Waals surface area contributed by atoms with Crippen molar-refractivity contribution in [3.8, 4) is 5.75 Å². The van der Waals surface area contributed by atoms with E-state index in [1.54, 1.807) is 6.20 Å². The minimum Gasteiger partial charge on any atom is -0.492 e. The Hall–Kier alpha value is -3.37. The monoisotopic (exact) mass is 750 g/mol. The molecule has 1 saturated carbocycles. The topological polar surface area (TPSA) is 162 Å². The van der Waals surface area contributed by atoms with E-state index in [4.69, 9.17) is 23.7 Å². The number of carbonyl (C=O) groups is 3. The summed E-state index contributed by atoms with van der Waals surface area (Å²) in [5, 5.41) is 9.26. The Morgan fingerprint density at radius 1 is 0.918 bits per heavy atom. The molecule has 2 amide bonds. The number of nitrogens with one attached hydrogen (secondary N) is 3. The summed E-state index contributed by atoms with van der Waals surface area (Å²) < 4.78 is 27.9. The molecule has 1 aliphatic carbocycles. The Morgan fingerprint density at radius 3 is 2.20 bits per heavy atom. The van der Waals surface area contributed by atoms with E-state index in [0.717, 1.165) is 35.8 Å². The van der Waals surface area contributed by atoms with Crippen molar-refractivity contribution in [2.45, 2.75) is 39.5 Å². The smallest absolute Gasteiger partial charge is 0.246 e. The number of nitrogens with zero attached hydrogens (tertiary/aromatic N) is 3. The van der Waals surface area contributed by atoms with Gasteiger partial charge in [-0.2, -0.15) is 4.98 Å². The van der Waals surface area contributed by atoms with Crippen LogP contribution in [0.4, 0.5) is 17.5 Å². The Bertz CT molecular complexity index is 1280. The third kappa shape index (κ3) is 16.3. The molecule has 0 spiro atoms. The largest absolute Gasteiger partial charge is 0.492 e. The molecule has 3 rings (SSSR count). The van der Waals surface area contributed by atoms with Crippen LogP contribution in [0, 0.1) is 11.8 Å². The summed E-state index contributed by atoms with van der Waals surface area (Å²) in [6, 6.07) is 7.36. The molecule has 0 bridgehead atoms. The average molecular weight is 752 g/mol. The van der Waals surface area contributed by atoms with Crippen LogP contribution in [-0.2, 0) is 33.3 Å². The van der Waals surface area contributed by atoms with Crippen LogP contribution in [0.3, 0.4) is 0 Å². The minimum atomic E-state index is -0.239. The first kappa shape index (κ1) is 40.1. The van der Waals surface area contributed by atoms with Crippen molar-refractivity contribution in [3.63, 3.8) is 0 Å². The molecule has 272 valence electrons. The Kier molecular flexibility index (Phi) is 18.9. The highest BCUT2D eigenvalue weighted by atomic mass is 79.9. The van der Waals surface area contributed by atoms with E-state index in [-0.39, 0.29) is 49.3 Å². The zero-order valence-electron chi connectivity index (χ0n) is 28.8. The standard InChI is InChI=1S/C34H51BrN6O8/c1-25(2)30(42)23-47-20-18-45-16-17-46-19-21-48-24-31(43)36-13-15-49-28-10-8-27(9-11-28)39-34-38-22-29(35)32(40-34)37-12-5-14-41(3)33(44)26-6-4-7-26/h8-11,22,25-26H,4-7,12-21,23-24H2,1-3H3,(H,36,43)(H2,37,38,39,40). The van der Waals surface area contributed by atoms with Crippen LogP contribution in [0.2, 0.25) is 0 Å². The third-order valence-corrected chi connectivity index (χ3v) is 8.16. The van der Waals surface area contributed by atoms with Crippen molar-refractivity contribution in [1.82, 2.24) is 20.2 Å². The Labute approximate surface area is 297 Å². The number of ether oxygens (including phenoxy) is 5. The normalized spacial score (nSPS) is 12.8. The average Bonchev–Trinajstić information content (AvgIpc) is 3.06. The molecule has 1 aliphatic rings. The van der Waals surface area contributed by atoms with Crippen LogP contribution in [0.5, 0.6) is 5.75 Å². The van der Waals surface area contributed by atoms with Gasteiger partial charge >= 0.3 is 0 Å². The molecule has 0 atom stereocenters. The molecule has 49 heavy (non-hydrogen) atoms. The maximum Gasteiger partial charge on any atom is 0.246 e. The lowest BCUT2D eigenvalue weighted by molar-refractivity contribution is -0.136. The number of benzene rings is 1. The predicted molar refractivity (Wildman–Crippen MR) is 189 cm³/mol. The van der Waals surface area contributed by atoms with E-state index in [2.05, 4.69) is 41.8 Å². The lowest BCUT2D eigenvalue weighted by Gasteiger charge is -2.29. The van der Waals surface area contributed by atoms with E-state index < -0.39 is 0 Å². The number of aromatic nitrogens is 2. The number of rotatable bonds is 26. The first-order chi connectivity index (χ1) is 23.7. The van der Waals surface area contributed by atoms with E-state index in [1.807, 2.05) is 50.1 Å². The molecule has 1 aromatic heterocycles. The van der Waals surface area contributed by atoms with Crippen molar-refractivity contribution in [2.24, 2.45) is 11.8 Å². The molecule has 14 nitrogen and oxygen atoms in total. The van der Waals surface area contributed by atoms with Gasteiger partial charge in [0.2, 0.25) is 17.8 Å². The fourth-order valence-corrected chi connectivity index (χ4v) is 4.72. The van der Waals surface area contributed by atoms with Crippen LogP contribution < -0.4 is 20.7 Å². The molecular weight excluding hydrogens is 700 g/mol. The lowest BCUT2D eigenvalue weighted by atomic mass is 9.84. The van der Waals surface area contributed by atoms with Crippen LogP contribution >= 0.6 is 15.9 Å². The van der Waals surface area contributed by atoms with Crippen molar-refractivity contribution in [1.29, 1.82) is 0 Å². The first-order valence-electron chi connectivity index (χ1n) is 16.8. The predicted octanol–water partition coefficient (Wildman–Crippen LogP) is 3.83. The molecule has 1 heterocycles. The third-order valence-electron chi connectivity index (χ3n) is 7.58. The highest BCUT2D eigenvalue weighted by Gasteiger charge is 2.27. The summed E-state index contributed by atoms with van der Waals surface area (Å²) >= 11 is 3.50. The maximum atomic E-state index is 12.3. The van der Waals surface area contributed by atoms with Gasteiger partial charge in [0.25, 0.3) is 0 Å². The minimum absolute atomic E-state index is 0.0273. The molecule has 1 fully saturated rings. The van der Waals surface area contributed by atoms with E-state index >= 15 is 0 Å². The van der Waals surface area contributed by atoms with Gasteiger partial charge in [-0.25, -0.2) is 4.98 Å². The van der Waals surface area contributed by atoms with Gasteiger partial charge in [0.05, 0.1) is 50.7 Å². The van der Waals surface area contributed by atoms with Gasteiger partial charge in [0, 0.05) is 43.9 Å². The van der Waals surface area contributed by atoms with Crippen molar-refractivity contribution >= 4 is 51.0 Å². The van der Waals surface area contributed by atoms with Crippen LogP contribution in [0.15, 0.2) is 34.9 Å². The highest BCUT2D eigenvalue weighted by Crippen LogP contribution is 2.28. The van der Waals surface area contributed by atoms with Gasteiger partial charge in [-0.15, -0.1) is 0 Å². The quantitative estimate of drug-likeness (QED) is 0.119. The number of ketones is 1. The fraction of sp³-hybridized carbons (Fsp3) is 0.618. The highest BCUT2D eigenvalue weighted by molar-refractivity contribution is 9.10. The van der Waals surface area contributed by atoms with E-state index in [9.17, 15) is 14.4 Å². The number of hydrogen-bond donors (Lipinski definition) is 3. The van der Waals surface area contributed by atoms with Crippen molar-refractivity contribution < 1.29 is 38.1 Å². The van der Waals surface area contributed by atoms with Gasteiger partial charge in [-0.3, -0.25) is 14.4 Å². The van der Waals surface area contributed by atoms with Crippen molar-refractivity contribution in [3.05, 3.63) is 34.9 Å². The van der Waals surface area contributed by atoms with E-state index in [0.29, 0.717) is 76.8 Å². The summed E-state index contributed by atoms with van der Waals surface area (Å²) in [6.07, 6.45) is 5.67. The fourth-order valence-electron chi connectivity index (χ4n) is 4.39. The second-order valence-corrected chi connectivity index (χ2v) is 12.7. The summed E-state index contributed by atoms with van der Waals surface area (Å²) in [7, 11) is 1.87. The van der Waals surface area contributed by atoms with Gasteiger partial charge in [0.1, 0.15) is 31.4 Å². The maximum absolute atomic E-state index is 12.3. The van der Waals surface area contributed by atoms with Gasteiger partial charge in [-0.05, 0) is 59.5 Å². The second kappa shape index (κ2) is 23.1. The molecule has 15 heteroatoms. The number of anilines is 3. The zero-order chi connectivity index (χ0) is 35.3. The molecule has 0 radical (unpaired) electrons. The molecule has 1 aromatic carbocycles. The first-order valence-corrected chi connectivity index (χ1v) is 17.6. The van der Waals surface area contributed by atoms with Crippen LogP contribution in [0.25, 0.3) is 0 Å². The molecule has 0 saturated heterocycles. The Balaban J connectivity index is 1.19. The second-order valence-electron chi connectivity index (χ2n) is 11.9. The molecule has 0 unspecified atom stereocenters. The van der Waals surface area contributed by atoms with Crippen molar-refractivity contribution in [2.75, 3.05) is 96.8 Å². The van der Waals surface area contributed by atoms with Gasteiger partial charge in [-0.1, -0.05) is 20.3 Å². The number of hydrogen-bond acceptors (Lipinski definition) is 12. The van der Waals surface area contributed by atoms with Gasteiger partial charge < -0.3 is 44.5 Å². The Morgan fingerprint density at radius 2 is 1.57 bits per heavy atom. The molecular formula is C34H51BrN6O8.